The van der Waals surface area contributed by atoms with Crippen molar-refractivity contribution in [2.75, 3.05) is 5.43 Å². The van der Waals surface area contributed by atoms with Crippen molar-refractivity contribution in [3.05, 3.63) is 18.1 Å². The van der Waals surface area contributed by atoms with Crippen LogP contribution in [0.1, 0.15) is 58.2 Å². The Bertz CT molecular complexity index is 389. The maximum atomic E-state index is 5.39. The van der Waals surface area contributed by atoms with Crippen LogP contribution in [0.15, 0.2) is 12.3 Å². The zero-order valence-electron chi connectivity index (χ0n) is 11.6. The summed E-state index contributed by atoms with van der Waals surface area (Å²) < 4.78 is 0. The highest BCUT2D eigenvalue weighted by Gasteiger charge is 2.31. The molecule has 100 valence electrons. The third-order valence-corrected chi connectivity index (χ3v) is 4.14. The van der Waals surface area contributed by atoms with Gasteiger partial charge in [-0.25, -0.2) is 15.8 Å². The average Bonchev–Trinajstić information content (AvgIpc) is 2.38. The molecule has 3 N–H and O–H groups in total. The third-order valence-electron chi connectivity index (χ3n) is 4.14. The summed E-state index contributed by atoms with van der Waals surface area (Å²) in [7, 11) is 0. The van der Waals surface area contributed by atoms with Gasteiger partial charge in [0.05, 0.1) is 0 Å². The van der Waals surface area contributed by atoms with Gasteiger partial charge in [0.2, 0.25) is 0 Å². The first-order valence-corrected chi connectivity index (χ1v) is 6.80. The Hall–Kier alpha value is -1.16. The number of nitrogens with one attached hydrogen (secondary N) is 1. The van der Waals surface area contributed by atoms with Crippen LogP contribution in [0.4, 0.5) is 5.82 Å². The first-order chi connectivity index (χ1) is 8.50. The van der Waals surface area contributed by atoms with Crippen LogP contribution >= 0.6 is 0 Å². The van der Waals surface area contributed by atoms with E-state index < -0.39 is 0 Å². The number of rotatable bonds is 2. The maximum Gasteiger partial charge on any atom is 0.143 e. The van der Waals surface area contributed by atoms with Gasteiger partial charge in [0.25, 0.3) is 0 Å². The van der Waals surface area contributed by atoms with Crippen LogP contribution in [0.3, 0.4) is 0 Å². The molecular weight excluding hydrogens is 224 g/mol. The zero-order valence-corrected chi connectivity index (χ0v) is 11.6. The van der Waals surface area contributed by atoms with Gasteiger partial charge in [-0.2, -0.15) is 0 Å². The zero-order chi connectivity index (χ0) is 13.2. The number of anilines is 1. The molecule has 1 saturated carbocycles. The quantitative estimate of drug-likeness (QED) is 0.623. The van der Waals surface area contributed by atoms with Crippen molar-refractivity contribution in [1.29, 1.82) is 0 Å². The number of nitrogen functional groups attached to an aromatic ring is 1. The van der Waals surface area contributed by atoms with Crippen molar-refractivity contribution in [1.82, 2.24) is 9.97 Å². The predicted molar refractivity (Wildman–Crippen MR) is 74.0 cm³/mol. The van der Waals surface area contributed by atoms with E-state index in [1.54, 1.807) is 12.3 Å². The summed E-state index contributed by atoms with van der Waals surface area (Å²) in [5.74, 6) is 8.36. The molecule has 1 aromatic heterocycles. The Kier molecular flexibility index (Phi) is 3.85. The van der Waals surface area contributed by atoms with Crippen molar-refractivity contribution in [2.45, 2.75) is 52.4 Å². The molecule has 1 aliphatic rings. The minimum Gasteiger partial charge on any atom is -0.308 e. The number of nitrogens with zero attached hydrogens (tertiary/aromatic N) is 2. The number of hydrazine groups is 1. The lowest BCUT2D eigenvalue weighted by Crippen LogP contribution is -2.26. The van der Waals surface area contributed by atoms with Gasteiger partial charge < -0.3 is 5.43 Å². The Labute approximate surface area is 109 Å². The molecule has 0 atom stereocenters. The number of nitrogens with two attached hydrogens (primary N) is 1. The van der Waals surface area contributed by atoms with E-state index in [1.165, 1.54) is 25.7 Å². The molecule has 0 amide bonds. The van der Waals surface area contributed by atoms with E-state index in [0.717, 1.165) is 11.7 Å². The summed E-state index contributed by atoms with van der Waals surface area (Å²) in [4.78, 5) is 8.85. The summed E-state index contributed by atoms with van der Waals surface area (Å²) >= 11 is 0. The van der Waals surface area contributed by atoms with Crippen LogP contribution in [0, 0.1) is 11.3 Å². The molecule has 1 aromatic rings. The topological polar surface area (TPSA) is 63.8 Å². The van der Waals surface area contributed by atoms with E-state index in [1.807, 2.05) is 0 Å². The molecule has 18 heavy (non-hydrogen) atoms. The summed E-state index contributed by atoms with van der Waals surface area (Å²) in [6, 6.07) is 1.80. The first kappa shape index (κ1) is 13.3. The second kappa shape index (κ2) is 5.22. The highest BCUT2D eigenvalue weighted by atomic mass is 15.3. The molecule has 2 rings (SSSR count). The number of hydrogen-bond acceptors (Lipinski definition) is 4. The van der Waals surface area contributed by atoms with Crippen LogP contribution in [-0.4, -0.2) is 9.97 Å². The molecule has 1 heterocycles. The van der Waals surface area contributed by atoms with Gasteiger partial charge in [0.15, 0.2) is 0 Å². The largest absolute Gasteiger partial charge is 0.308 e. The number of hydrogen-bond donors (Lipinski definition) is 2. The summed E-state index contributed by atoms with van der Waals surface area (Å²) in [5, 5.41) is 0. The van der Waals surface area contributed by atoms with Crippen molar-refractivity contribution < 1.29 is 0 Å². The smallest absolute Gasteiger partial charge is 0.143 e. The number of aromatic nitrogens is 2. The van der Waals surface area contributed by atoms with Gasteiger partial charge in [-0.3, -0.25) is 0 Å². The molecule has 4 heteroatoms. The van der Waals surface area contributed by atoms with Crippen LogP contribution in [0.2, 0.25) is 0 Å². The summed E-state index contributed by atoms with van der Waals surface area (Å²) in [6.07, 6.45) is 6.72. The molecule has 1 fully saturated rings. The molecule has 0 saturated heterocycles. The monoisotopic (exact) mass is 248 g/mol. The first-order valence-electron chi connectivity index (χ1n) is 6.80. The Morgan fingerprint density at radius 1 is 1.22 bits per heavy atom. The summed E-state index contributed by atoms with van der Waals surface area (Å²) in [6.45, 7) is 7.02. The minimum atomic E-state index is 0.423. The van der Waals surface area contributed by atoms with Crippen molar-refractivity contribution in [3.63, 3.8) is 0 Å². The van der Waals surface area contributed by atoms with E-state index in [9.17, 15) is 0 Å². The molecule has 4 nitrogen and oxygen atoms in total. The lowest BCUT2D eigenvalue weighted by molar-refractivity contribution is 0.167. The van der Waals surface area contributed by atoms with E-state index in [-0.39, 0.29) is 0 Å². The predicted octanol–water partition coefficient (Wildman–Crippen LogP) is 3.08. The molecular formula is C14H24N4. The highest BCUT2D eigenvalue weighted by molar-refractivity contribution is 5.31. The van der Waals surface area contributed by atoms with Crippen LogP contribution in [-0.2, 0) is 0 Å². The van der Waals surface area contributed by atoms with Gasteiger partial charge in [-0.1, -0.05) is 20.8 Å². The van der Waals surface area contributed by atoms with Gasteiger partial charge in [-0.15, -0.1) is 0 Å². The van der Waals surface area contributed by atoms with Crippen LogP contribution < -0.4 is 11.3 Å². The minimum absolute atomic E-state index is 0.423. The Balaban J connectivity index is 2.01. The van der Waals surface area contributed by atoms with E-state index >= 15 is 0 Å². The molecule has 0 unspecified atom stereocenters. The Morgan fingerprint density at radius 2 is 1.89 bits per heavy atom. The van der Waals surface area contributed by atoms with Crippen molar-refractivity contribution in [2.24, 2.45) is 17.2 Å². The van der Waals surface area contributed by atoms with Gasteiger partial charge in [0, 0.05) is 18.2 Å². The lowest BCUT2D eigenvalue weighted by Gasteiger charge is -2.36. The molecule has 0 aromatic carbocycles. The van der Waals surface area contributed by atoms with E-state index in [0.29, 0.717) is 17.2 Å². The van der Waals surface area contributed by atoms with Crippen LogP contribution in [0.25, 0.3) is 0 Å². The standard InChI is InChI=1S/C14H24N4/c1-14(2,3)11-6-4-10(5-7-11)13-16-9-8-12(17-13)18-15/h8-11H,4-7,15H2,1-3H3,(H,16,17,18). The van der Waals surface area contributed by atoms with Gasteiger partial charge in [0.1, 0.15) is 11.6 Å². The van der Waals surface area contributed by atoms with Crippen molar-refractivity contribution >= 4 is 5.82 Å². The fourth-order valence-electron chi connectivity index (χ4n) is 2.87. The second-order valence-electron chi connectivity index (χ2n) is 6.36. The average molecular weight is 248 g/mol. The Morgan fingerprint density at radius 3 is 2.44 bits per heavy atom. The molecule has 0 aliphatic heterocycles. The van der Waals surface area contributed by atoms with Crippen LogP contribution in [0.5, 0.6) is 0 Å². The second-order valence-corrected chi connectivity index (χ2v) is 6.36. The fraction of sp³-hybridized carbons (Fsp3) is 0.714. The molecule has 0 radical (unpaired) electrons. The molecule has 0 bridgehead atoms. The van der Waals surface area contributed by atoms with Crippen molar-refractivity contribution in [3.8, 4) is 0 Å². The third kappa shape index (κ3) is 2.99. The molecule has 0 spiro atoms. The lowest BCUT2D eigenvalue weighted by atomic mass is 9.70. The van der Waals surface area contributed by atoms with E-state index in [4.69, 9.17) is 5.84 Å². The van der Waals surface area contributed by atoms with E-state index in [2.05, 4.69) is 36.2 Å². The summed E-state index contributed by atoms with van der Waals surface area (Å²) in [5.41, 5.74) is 3.01. The highest BCUT2D eigenvalue weighted by Crippen LogP contribution is 2.42. The normalized spacial score (nSPS) is 24.9. The fourth-order valence-corrected chi connectivity index (χ4v) is 2.87. The maximum absolute atomic E-state index is 5.39. The molecule has 1 aliphatic carbocycles. The van der Waals surface area contributed by atoms with Gasteiger partial charge >= 0.3 is 0 Å². The SMILES string of the molecule is CC(C)(C)C1CCC(c2nccc(NN)n2)CC1. The van der Waals surface area contributed by atoms with Gasteiger partial charge in [-0.05, 0) is 37.0 Å².